The van der Waals surface area contributed by atoms with Gasteiger partial charge in [-0.1, -0.05) is 11.6 Å². The van der Waals surface area contributed by atoms with E-state index in [1.54, 1.807) is 6.92 Å². The molecule has 0 fully saturated rings. The van der Waals surface area contributed by atoms with Gasteiger partial charge < -0.3 is 9.88 Å². The monoisotopic (exact) mass is 379 g/mol. The van der Waals surface area contributed by atoms with Crippen LogP contribution in [0.25, 0.3) is 11.2 Å². The molecule has 0 saturated carbocycles. The smallest absolute Gasteiger partial charge is 0.324 e. The number of carbonyl (C=O) groups excluding carboxylic acids is 1. The minimum atomic E-state index is -0.811. The molecule has 10 heteroatoms. The minimum absolute atomic E-state index is 0.118. The van der Waals surface area contributed by atoms with Gasteiger partial charge in [0.2, 0.25) is 5.91 Å². The van der Waals surface area contributed by atoms with Gasteiger partial charge in [0.1, 0.15) is 11.9 Å². The summed E-state index contributed by atoms with van der Waals surface area (Å²) in [5.41, 5.74) is -0.425. The Kier molecular flexibility index (Phi) is 4.41. The van der Waals surface area contributed by atoms with Crippen LogP contribution in [-0.4, -0.2) is 24.6 Å². The molecule has 26 heavy (non-hydrogen) atoms. The molecule has 0 saturated heterocycles. The van der Waals surface area contributed by atoms with E-state index in [2.05, 4.69) is 10.3 Å². The Hall–Kier alpha value is -2.94. The number of imidazole rings is 1. The molecule has 1 amide bonds. The zero-order chi connectivity index (χ0) is 19.2. The van der Waals surface area contributed by atoms with Gasteiger partial charge in [-0.05, 0) is 25.1 Å². The normalized spacial score (nSPS) is 12.3. The average Bonchev–Trinajstić information content (AvgIpc) is 3.05. The number of nitrogens with one attached hydrogen (secondary N) is 1. The number of aromatic nitrogens is 4. The minimum Gasteiger partial charge on any atom is -0.324 e. The number of aryl methyl sites for hydroxylation is 1. The standard InChI is InChI=1S/C16H15ClFN5O3/c1-8(14(24)20-9-4-5-11(18)10(17)6-9)23-7-19-13-12(23)15(25)22(3)16(26)21(13)2/h4-8H,1-3H3,(H,20,24)/t8-/m0/s1. The summed E-state index contributed by atoms with van der Waals surface area (Å²) in [5.74, 6) is -1.05. The summed E-state index contributed by atoms with van der Waals surface area (Å²) in [7, 11) is 2.85. The summed E-state index contributed by atoms with van der Waals surface area (Å²) >= 11 is 5.71. The van der Waals surface area contributed by atoms with Crippen molar-refractivity contribution in [2.24, 2.45) is 14.1 Å². The van der Waals surface area contributed by atoms with Crippen LogP contribution in [0.15, 0.2) is 34.1 Å². The molecule has 3 rings (SSSR count). The molecule has 0 bridgehead atoms. The lowest BCUT2D eigenvalue weighted by atomic mass is 10.2. The van der Waals surface area contributed by atoms with E-state index in [4.69, 9.17) is 11.6 Å². The van der Waals surface area contributed by atoms with Crippen molar-refractivity contribution in [1.29, 1.82) is 0 Å². The molecule has 1 N–H and O–H groups in total. The summed E-state index contributed by atoms with van der Waals surface area (Å²) in [6.45, 7) is 1.58. The fourth-order valence-electron chi connectivity index (χ4n) is 2.60. The number of fused-ring (bicyclic) bond motifs is 1. The number of benzene rings is 1. The highest BCUT2D eigenvalue weighted by Gasteiger charge is 2.22. The maximum atomic E-state index is 13.2. The van der Waals surface area contributed by atoms with Crippen molar-refractivity contribution in [2.45, 2.75) is 13.0 Å². The summed E-state index contributed by atoms with van der Waals surface area (Å²) in [4.78, 5) is 41.0. The zero-order valence-corrected chi connectivity index (χ0v) is 14.9. The van der Waals surface area contributed by atoms with Gasteiger partial charge in [0.25, 0.3) is 5.56 Å². The predicted octanol–water partition coefficient (Wildman–Crippen LogP) is 1.43. The second-order valence-electron chi connectivity index (χ2n) is 5.82. The third-order valence-corrected chi connectivity index (χ3v) is 4.45. The Morgan fingerprint density at radius 1 is 1.27 bits per heavy atom. The number of rotatable bonds is 3. The Balaban J connectivity index is 2.01. The molecule has 0 spiro atoms. The van der Waals surface area contributed by atoms with Crippen molar-refractivity contribution >= 4 is 34.4 Å². The predicted molar refractivity (Wildman–Crippen MR) is 95.0 cm³/mol. The van der Waals surface area contributed by atoms with Crippen LogP contribution in [0.4, 0.5) is 10.1 Å². The van der Waals surface area contributed by atoms with Gasteiger partial charge >= 0.3 is 5.69 Å². The fourth-order valence-corrected chi connectivity index (χ4v) is 2.79. The Bertz CT molecular complexity index is 1150. The highest BCUT2D eigenvalue weighted by Crippen LogP contribution is 2.21. The van der Waals surface area contributed by atoms with Crippen LogP contribution >= 0.6 is 11.6 Å². The topological polar surface area (TPSA) is 90.9 Å². The maximum absolute atomic E-state index is 13.2. The first kappa shape index (κ1) is 17.9. The number of amides is 1. The SMILES string of the molecule is C[C@@H](C(=O)Nc1ccc(F)c(Cl)c1)n1cnc2c1c(=O)n(C)c(=O)n2C. The van der Waals surface area contributed by atoms with E-state index in [-0.39, 0.29) is 16.2 Å². The molecular weight excluding hydrogens is 365 g/mol. The molecule has 1 aromatic carbocycles. The highest BCUT2D eigenvalue weighted by molar-refractivity contribution is 6.31. The zero-order valence-electron chi connectivity index (χ0n) is 14.2. The number of hydrogen-bond donors (Lipinski definition) is 1. The quantitative estimate of drug-likeness (QED) is 0.745. The van der Waals surface area contributed by atoms with Gasteiger partial charge in [0.05, 0.1) is 11.3 Å². The molecule has 1 atom stereocenters. The number of hydrogen-bond acceptors (Lipinski definition) is 4. The number of carbonyl (C=O) groups is 1. The van der Waals surface area contributed by atoms with Crippen molar-refractivity contribution < 1.29 is 9.18 Å². The maximum Gasteiger partial charge on any atom is 0.332 e. The van der Waals surface area contributed by atoms with Crippen LogP contribution in [0, 0.1) is 5.82 Å². The molecule has 0 aliphatic rings. The number of halogens is 2. The van der Waals surface area contributed by atoms with Crippen molar-refractivity contribution in [3.63, 3.8) is 0 Å². The van der Waals surface area contributed by atoms with E-state index in [0.29, 0.717) is 5.69 Å². The summed E-state index contributed by atoms with van der Waals surface area (Å²) in [5, 5.41) is 2.49. The third kappa shape index (κ3) is 2.80. The summed E-state index contributed by atoms with van der Waals surface area (Å²) in [6, 6.07) is 2.99. The first-order valence-electron chi connectivity index (χ1n) is 7.61. The van der Waals surface area contributed by atoms with Gasteiger partial charge in [0, 0.05) is 19.8 Å². The second kappa shape index (κ2) is 6.41. The molecule has 3 aromatic rings. The van der Waals surface area contributed by atoms with Crippen LogP contribution in [0.2, 0.25) is 5.02 Å². The lowest BCUT2D eigenvalue weighted by Crippen LogP contribution is -2.38. The van der Waals surface area contributed by atoms with Gasteiger partial charge in [-0.15, -0.1) is 0 Å². The molecule has 0 radical (unpaired) electrons. The lowest BCUT2D eigenvalue weighted by Gasteiger charge is -2.15. The Morgan fingerprint density at radius 3 is 2.62 bits per heavy atom. The van der Waals surface area contributed by atoms with Gasteiger partial charge in [-0.3, -0.25) is 18.7 Å². The van der Waals surface area contributed by atoms with Crippen molar-refractivity contribution in [3.8, 4) is 0 Å². The summed E-state index contributed by atoms with van der Waals surface area (Å²) in [6.07, 6.45) is 1.33. The first-order valence-corrected chi connectivity index (χ1v) is 7.98. The van der Waals surface area contributed by atoms with Crippen LogP contribution in [-0.2, 0) is 18.9 Å². The highest BCUT2D eigenvalue weighted by atomic mass is 35.5. The number of anilines is 1. The van der Waals surface area contributed by atoms with Crippen LogP contribution in [0.5, 0.6) is 0 Å². The van der Waals surface area contributed by atoms with Crippen molar-refractivity contribution in [2.75, 3.05) is 5.32 Å². The average molecular weight is 380 g/mol. The van der Waals surface area contributed by atoms with E-state index in [1.165, 1.54) is 41.7 Å². The van der Waals surface area contributed by atoms with Crippen LogP contribution in [0.3, 0.4) is 0 Å². The van der Waals surface area contributed by atoms with Crippen LogP contribution in [0.1, 0.15) is 13.0 Å². The molecule has 0 unspecified atom stereocenters. The van der Waals surface area contributed by atoms with Crippen molar-refractivity contribution in [1.82, 2.24) is 18.7 Å². The molecule has 2 aromatic heterocycles. The number of nitrogens with zero attached hydrogens (tertiary/aromatic N) is 4. The van der Waals surface area contributed by atoms with E-state index >= 15 is 0 Å². The van der Waals surface area contributed by atoms with E-state index < -0.39 is 29.0 Å². The molecule has 0 aliphatic heterocycles. The molecule has 0 aliphatic carbocycles. The van der Waals surface area contributed by atoms with Gasteiger partial charge in [-0.25, -0.2) is 14.2 Å². The van der Waals surface area contributed by atoms with Gasteiger partial charge in [-0.2, -0.15) is 0 Å². The largest absolute Gasteiger partial charge is 0.332 e. The van der Waals surface area contributed by atoms with E-state index in [9.17, 15) is 18.8 Å². The molecular formula is C16H15ClFN5O3. The molecule has 2 heterocycles. The molecule has 136 valence electrons. The fraction of sp³-hybridized carbons (Fsp3) is 0.250. The molecule has 8 nitrogen and oxygen atoms in total. The second-order valence-corrected chi connectivity index (χ2v) is 6.23. The lowest BCUT2D eigenvalue weighted by molar-refractivity contribution is -0.118. The first-order chi connectivity index (χ1) is 12.2. The van der Waals surface area contributed by atoms with Gasteiger partial charge in [0.15, 0.2) is 11.2 Å². The summed E-state index contributed by atoms with van der Waals surface area (Å²) < 4.78 is 16.8. The van der Waals surface area contributed by atoms with E-state index in [0.717, 1.165) is 10.6 Å². The van der Waals surface area contributed by atoms with E-state index in [1.807, 2.05) is 0 Å². The van der Waals surface area contributed by atoms with Crippen LogP contribution < -0.4 is 16.6 Å². The Labute approximate surface area is 151 Å². The Morgan fingerprint density at radius 2 is 1.96 bits per heavy atom. The van der Waals surface area contributed by atoms with Crippen molar-refractivity contribution in [3.05, 3.63) is 56.2 Å². The third-order valence-electron chi connectivity index (χ3n) is 4.16.